The van der Waals surface area contributed by atoms with Gasteiger partial charge in [-0.25, -0.2) is 4.79 Å². The molecule has 14 N–H and O–H groups in total. The molecule has 302 valence electrons. The van der Waals surface area contributed by atoms with Gasteiger partial charge in [-0.3, -0.25) is 29.0 Å². The van der Waals surface area contributed by atoms with Crippen LogP contribution in [0, 0.1) is 5.92 Å². The molecule has 5 amide bonds. The third-order valence-corrected chi connectivity index (χ3v) is 9.29. The molecule has 18 nitrogen and oxygen atoms in total. The minimum absolute atomic E-state index is 0.0436. The Hall–Kier alpha value is -4.81. The van der Waals surface area contributed by atoms with Gasteiger partial charge in [-0.15, -0.1) is 0 Å². The molecule has 0 spiro atoms. The number of carbonyl (C=O) groups is 6. The predicted molar refractivity (Wildman–Crippen MR) is 202 cm³/mol. The quantitative estimate of drug-likeness (QED) is 0.0313. The van der Waals surface area contributed by atoms with E-state index in [1.54, 1.807) is 30.3 Å². The molecule has 1 saturated heterocycles. The number of aliphatic hydroxyl groups is 1. The topological polar surface area (TPSA) is 305 Å². The van der Waals surface area contributed by atoms with Crippen LogP contribution in [0.3, 0.4) is 0 Å². The molecule has 0 aromatic heterocycles. The number of hydrogen-bond donors (Lipinski definition) is 11. The molecule has 1 aliphatic rings. The summed E-state index contributed by atoms with van der Waals surface area (Å²) in [6, 6.07) is 1.95. The van der Waals surface area contributed by atoms with E-state index in [-0.39, 0.29) is 50.0 Å². The molecule has 1 aromatic carbocycles. The number of amides is 5. The summed E-state index contributed by atoms with van der Waals surface area (Å²) in [5, 5.41) is 36.4. The van der Waals surface area contributed by atoms with Gasteiger partial charge in [-0.05, 0) is 76.4 Å². The molecule has 2 rings (SSSR count). The molecular formula is C36H60N10O8. The van der Waals surface area contributed by atoms with Crippen molar-refractivity contribution in [2.24, 2.45) is 28.1 Å². The number of aliphatic imine (C=N–C) groups is 1. The highest BCUT2D eigenvalue weighted by atomic mass is 16.4. The van der Waals surface area contributed by atoms with Gasteiger partial charge < -0.3 is 59.3 Å². The van der Waals surface area contributed by atoms with Crippen molar-refractivity contribution in [3.8, 4) is 0 Å². The number of carboxylic acids is 1. The van der Waals surface area contributed by atoms with Gasteiger partial charge >= 0.3 is 5.97 Å². The zero-order chi connectivity index (χ0) is 40.2. The number of guanidine groups is 1. The lowest BCUT2D eigenvalue weighted by atomic mass is 9.97. The van der Waals surface area contributed by atoms with Crippen molar-refractivity contribution in [2.75, 3.05) is 19.6 Å². The highest BCUT2D eigenvalue weighted by Gasteiger charge is 2.35. The van der Waals surface area contributed by atoms with Crippen LogP contribution in [0.5, 0.6) is 0 Å². The van der Waals surface area contributed by atoms with E-state index in [1.807, 2.05) is 13.8 Å². The number of aliphatic hydroxyl groups excluding tert-OH is 1. The van der Waals surface area contributed by atoms with Crippen LogP contribution in [0.15, 0.2) is 35.3 Å². The first-order chi connectivity index (χ1) is 25.7. The maximum atomic E-state index is 14.0. The van der Waals surface area contributed by atoms with E-state index < -0.39 is 72.0 Å². The lowest BCUT2D eigenvalue weighted by Gasteiger charge is -2.29. The third kappa shape index (κ3) is 15.7. The second-order valence-corrected chi connectivity index (χ2v) is 13.7. The SMILES string of the molecule is CC[C@H](C)[C@H](NC(=O)[C@@H]1CCCN1)C(=O)N[C@@H](CCCN=C(N)N)C(=O)N[C@@H](Cc1ccccc1)C(=O)N[C@H](C(=O)N[C@@H](CCCCN)C(=O)O)[C@@H](C)O. The minimum Gasteiger partial charge on any atom is -0.480 e. The van der Waals surface area contributed by atoms with E-state index in [2.05, 4.69) is 36.9 Å². The van der Waals surface area contributed by atoms with Gasteiger partial charge in [0.1, 0.15) is 30.2 Å². The number of nitrogens with one attached hydrogen (secondary N) is 6. The standard InChI is InChI=1S/C36H60N10O8/c1-4-21(2)28(45-30(48)24-15-10-18-40-24)33(51)42-25(16-11-19-41-36(38)39)31(49)44-27(20-23-12-6-5-7-13-23)32(50)46-29(22(3)47)34(52)43-26(35(53)54)14-8-9-17-37/h5-7,12-13,21-22,24-29,40,47H,4,8-11,14-20,37H2,1-3H3,(H,42,51)(H,43,52)(H,44,49)(H,45,48)(H,46,50)(H,53,54)(H4,38,39,41)/t21-,22+,24-,25-,26-,27-,28-,29-/m0/s1. The van der Waals surface area contributed by atoms with Crippen LogP contribution in [0.2, 0.25) is 0 Å². The molecule has 0 saturated carbocycles. The molecule has 0 unspecified atom stereocenters. The summed E-state index contributed by atoms with van der Waals surface area (Å²) in [4.78, 5) is 83.7. The zero-order valence-electron chi connectivity index (χ0n) is 31.5. The summed E-state index contributed by atoms with van der Waals surface area (Å²) < 4.78 is 0. The molecule has 0 aliphatic carbocycles. The minimum atomic E-state index is -1.58. The molecule has 1 aliphatic heterocycles. The summed E-state index contributed by atoms with van der Waals surface area (Å²) in [7, 11) is 0. The third-order valence-electron chi connectivity index (χ3n) is 9.29. The molecule has 18 heteroatoms. The first kappa shape index (κ1) is 45.3. The predicted octanol–water partition coefficient (Wildman–Crippen LogP) is -1.90. The van der Waals surface area contributed by atoms with E-state index in [9.17, 15) is 39.0 Å². The smallest absolute Gasteiger partial charge is 0.326 e. The Labute approximate surface area is 316 Å². The largest absolute Gasteiger partial charge is 0.480 e. The monoisotopic (exact) mass is 760 g/mol. The molecule has 54 heavy (non-hydrogen) atoms. The average molecular weight is 761 g/mol. The highest BCUT2D eigenvalue weighted by molar-refractivity contribution is 5.96. The zero-order valence-corrected chi connectivity index (χ0v) is 31.5. The van der Waals surface area contributed by atoms with E-state index in [0.717, 1.165) is 6.42 Å². The first-order valence-electron chi connectivity index (χ1n) is 18.6. The van der Waals surface area contributed by atoms with E-state index in [0.29, 0.717) is 44.3 Å². The fourth-order valence-corrected chi connectivity index (χ4v) is 5.90. The van der Waals surface area contributed by atoms with Crippen molar-refractivity contribution in [1.82, 2.24) is 31.9 Å². The normalized spacial score (nSPS) is 17.7. The van der Waals surface area contributed by atoms with Crippen molar-refractivity contribution < 1.29 is 39.0 Å². The molecule has 8 atom stereocenters. The second-order valence-electron chi connectivity index (χ2n) is 13.7. The van der Waals surface area contributed by atoms with Crippen LogP contribution in [0.25, 0.3) is 0 Å². The Morgan fingerprint density at radius 2 is 1.44 bits per heavy atom. The van der Waals surface area contributed by atoms with Crippen molar-refractivity contribution in [2.45, 2.75) is 121 Å². The molecule has 0 bridgehead atoms. The lowest BCUT2D eigenvalue weighted by Crippen LogP contribution is -2.61. The number of carboxylic acid groups (broad SMARTS) is 1. The van der Waals surface area contributed by atoms with Gasteiger partial charge in [0, 0.05) is 13.0 Å². The van der Waals surface area contributed by atoms with Crippen molar-refractivity contribution in [3.63, 3.8) is 0 Å². The average Bonchev–Trinajstić information content (AvgIpc) is 3.68. The van der Waals surface area contributed by atoms with Gasteiger partial charge in [-0.1, -0.05) is 50.6 Å². The molecular weight excluding hydrogens is 700 g/mol. The summed E-state index contributed by atoms with van der Waals surface area (Å²) in [5.41, 5.74) is 17.1. The van der Waals surface area contributed by atoms with Crippen LogP contribution >= 0.6 is 0 Å². The number of hydrogen-bond acceptors (Lipinski definition) is 10. The lowest BCUT2D eigenvalue weighted by molar-refractivity contribution is -0.143. The van der Waals surface area contributed by atoms with Gasteiger partial charge in [0.15, 0.2) is 5.96 Å². The number of aliphatic carboxylic acids is 1. The maximum absolute atomic E-state index is 14.0. The summed E-state index contributed by atoms with van der Waals surface area (Å²) in [6.07, 6.45) is 1.89. The fraction of sp³-hybridized carbons (Fsp3) is 0.639. The summed E-state index contributed by atoms with van der Waals surface area (Å²) in [5.74, 6) is -5.15. The number of nitrogens with zero attached hydrogens (tertiary/aromatic N) is 1. The molecule has 1 fully saturated rings. The van der Waals surface area contributed by atoms with Crippen LogP contribution in [-0.4, -0.2) is 114 Å². The number of benzene rings is 1. The van der Waals surface area contributed by atoms with Crippen LogP contribution in [-0.2, 0) is 35.2 Å². The maximum Gasteiger partial charge on any atom is 0.326 e. The van der Waals surface area contributed by atoms with Crippen LogP contribution < -0.4 is 49.1 Å². The van der Waals surface area contributed by atoms with Crippen LogP contribution in [0.1, 0.15) is 77.7 Å². The van der Waals surface area contributed by atoms with Gasteiger partial charge in [0.25, 0.3) is 0 Å². The van der Waals surface area contributed by atoms with Gasteiger partial charge in [0.05, 0.1) is 12.1 Å². The van der Waals surface area contributed by atoms with Gasteiger partial charge in [0.2, 0.25) is 29.5 Å². The van der Waals surface area contributed by atoms with Crippen molar-refractivity contribution in [3.05, 3.63) is 35.9 Å². The van der Waals surface area contributed by atoms with E-state index in [1.165, 1.54) is 6.92 Å². The molecule has 1 aromatic rings. The van der Waals surface area contributed by atoms with Crippen molar-refractivity contribution in [1.29, 1.82) is 0 Å². The number of unbranched alkanes of at least 4 members (excludes halogenated alkanes) is 1. The Bertz CT molecular complexity index is 1400. The Morgan fingerprint density at radius 1 is 0.833 bits per heavy atom. The Morgan fingerprint density at radius 3 is 2.02 bits per heavy atom. The highest BCUT2D eigenvalue weighted by Crippen LogP contribution is 2.13. The number of nitrogens with two attached hydrogens (primary N) is 3. The Kier molecular flexibility index (Phi) is 20.0. The van der Waals surface area contributed by atoms with Crippen molar-refractivity contribution >= 4 is 41.5 Å². The van der Waals surface area contributed by atoms with Crippen LogP contribution in [0.4, 0.5) is 0 Å². The molecule has 1 heterocycles. The molecule has 0 radical (unpaired) electrons. The Balaban J connectivity index is 2.36. The van der Waals surface area contributed by atoms with E-state index >= 15 is 0 Å². The fourth-order valence-electron chi connectivity index (χ4n) is 5.90. The second kappa shape index (κ2) is 23.8. The van der Waals surface area contributed by atoms with E-state index in [4.69, 9.17) is 17.2 Å². The summed E-state index contributed by atoms with van der Waals surface area (Å²) in [6.45, 7) is 6.13. The summed E-state index contributed by atoms with van der Waals surface area (Å²) >= 11 is 0. The van der Waals surface area contributed by atoms with Gasteiger partial charge in [-0.2, -0.15) is 0 Å². The first-order valence-corrected chi connectivity index (χ1v) is 18.6. The number of carbonyl (C=O) groups excluding carboxylic acids is 5. The number of rotatable bonds is 24.